The van der Waals surface area contributed by atoms with E-state index in [0.29, 0.717) is 55.0 Å². The molecule has 3 heterocycles. The molecule has 11 heteroatoms. The van der Waals surface area contributed by atoms with Gasteiger partial charge in [-0.05, 0) is 42.0 Å². The number of hydrogen-bond donors (Lipinski definition) is 0. The Balaban J connectivity index is 1.58. The Morgan fingerprint density at radius 1 is 1.00 bits per heavy atom. The van der Waals surface area contributed by atoms with Crippen molar-refractivity contribution in [2.24, 2.45) is 0 Å². The zero-order chi connectivity index (χ0) is 29.9. The van der Waals surface area contributed by atoms with Crippen LogP contribution in [0.25, 0.3) is 16.9 Å². The lowest BCUT2D eigenvalue weighted by Gasteiger charge is -2.30. The molecule has 0 spiro atoms. The maximum atomic E-state index is 14.0. The third-order valence-electron chi connectivity index (χ3n) is 7.57. The molecule has 2 aliphatic rings. The first-order valence-corrected chi connectivity index (χ1v) is 15.0. The molecule has 222 valence electrons. The number of aromatic nitrogens is 2. The highest BCUT2D eigenvalue weighted by Crippen LogP contribution is 2.49. The lowest BCUT2D eigenvalue weighted by Crippen LogP contribution is -2.48. The van der Waals surface area contributed by atoms with Crippen LogP contribution in [0.15, 0.2) is 72.8 Å². The Labute approximate surface area is 253 Å². The van der Waals surface area contributed by atoms with Gasteiger partial charge in [0.05, 0.1) is 49.8 Å². The lowest BCUT2D eigenvalue weighted by atomic mass is 9.99. The number of halogens is 1. The second-order valence-electron chi connectivity index (χ2n) is 10.1. The fourth-order valence-corrected chi connectivity index (χ4v) is 6.61. The van der Waals surface area contributed by atoms with Gasteiger partial charge in [-0.3, -0.25) is 14.5 Å². The van der Waals surface area contributed by atoms with Gasteiger partial charge in [-0.15, -0.1) is 11.8 Å². The standard InChI is InChI=1S/C32H31FN4O5S/c1-40-25-13-8-22(18-26(25)41-2)31-29-30(21-6-4-3-5-7-21)34-37(24-11-9-23(33)10-12-24)32(29)36(28(39)20-43-31)19-27(38)35-14-16-42-17-15-35/h3-13,18,31H,14-17,19-20H2,1-2H3/t31-/m1/s1. The van der Waals surface area contributed by atoms with Crippen LogP contribution in [0, 0.1) is 5.82 Å². The number of benzene rings is 3. The summed E-state index contributed by atoms with van der Waals surface area (Å²) in [4.78, 5) is 30.8. The molecule has 0 saturated carbocycles. The van der Waals surface area contributed by atoms with E-state index in [1.165, 1.54) is 28.8 Å². The maximum absolute atomic E-state index is 14.0. The van der Waals surface area contributed by atoms with Crippen LogP contribution in [0.4, 0.5) is 10.2 Å². The summed E-state index contributed by atoms with van der Waals surface area (Å²) < 4.78 is 32.2. The summed E-state index contributed by atoms with van der Waals surface area (Å²) in [6.45, 7) is 1.67. The average molecular weight is 603 g/mol. The predicted molar refractivity (Wildman–Crippen MR) is 163 cm³/mol. The SMILES string of the molecule is COc1ccc([C@H]2SCC(=O)N(CC(=O)N3CCOCC3)c3c2c(-c2ccccc2)nn3-c2ccc(F)cc2)cc1OC. The number of methoxy groups -OCH3 is 2. The fourth-order valence-electron chi connectivity index (χ4n) is 5.42. The first kappa shape index (κ1) is 28.8. The number of thioether (sulfide) groups is 1. The molecule has 1 saturated heterocycles. The molecule has 9 nitrogen and oxygen atoms in total. The number of carbonyl (C=O) groups is 2. The van der Waals surface area contributed by atoms with Gasteiger partial charge in [-0.1, -0.05) is 36.4 Å². The zero-order valence-electron chi connectivity index (χ0n) is 23.9. The molecule has 0 radical (unpaired) electrons. The van der Waals surface area contributed by atoms with Crippen LogP contribution in [-0.4, -0.2) is 79.3 Å². The van der Waals surface area contributed by atoms with Crippen LogP contribution in [-0.2, 0) is 14.3 Å². The van der Waals surface area contributed by atoms with Gasteiger partial charge in [0.1, 0.15) is 18.2 Å². The molecule has 0 unspecified atom stereocenters. The van der Waals surface area contributed by atoms with E-state index in [1.807, 2.05) is 48.5 Å². The molecular weight excluding hydrogens is 571 g/mol. The van der Waals surface area contributed by atoms with Crippen molar-refractivity contribution in [1.82, 2.24) is 14.7 Å². The molecule has 43 heavy (non-hydrogen) atoms. The van der Waals surface area contributed by atoms with Crippen molar-refractivity contribution in [3.63, 3.8) is 0 Å². The Hall–Kier alpha value is -4.35. The van der Waals surface area contributed by atoms with Gasteiger partial charge in [0.15, 0.2) is 11.5 Å². The van der Waals surface area contributed by atoms with Crippen LogP contribution in [0.3, 0.4) is 0 Å². The van der Waals surface area contributed by atoms with Crippen molar-refractivity contribution in [1.29, 1.82) is 0 Å². The van der Waals surface area contributed by atoms with E-state index in [9.17, 15) is 14.0 Å². The van der Waals surface area contributed by atoms with E-state index in [-0.39, 0.29) is 35.2 Å². The number of fused-ring (bicyclic) bond motifs is 1. The summed E-state index contributed by atoms with van der Waals surface area (Å²) in [7, 11) is 3.16. The van der Waals surface area contributed by atoms with Gasteiger partial charge in [-0.2, -0.15) is 5.10 Å². The van der Waals surface area contributed by atoms with Gasteiger partial charge in [0, 0.05) is 24.2 Å². The van der Waals surface area contributed by atoms with Gasteiger partial charge in [0.25, 0.3) is 0 Å². The molecule has 2 aliphatic heterocycles. The van der Waals surface area contributed by atoms with E-state index in [2.05, 4.69) is 0 Å². The Morgan fingerprint density at radius 2 is 1.72 bits per heavy atom. The molecule has 6 rings (SSSR count). The van der Waals surface area contributed by atoms with Gasteiger partial charge in [-0.25, -0.2) is 9.07 Å². The minimum atomic E-state index is -0.389. The molecule has 2 amide bonds. The average Bonchev–Trinajstić information content (AvgIpc) is 3.38. The largest absolute Gasteiger partial charge is 0.493 e. The molecule has 3 aromatic carbocycles. The quantitative estimate of drug-likeness (QED) is 0.303. The number of hydrogen-bond acceptors (Lipinski definition) is 7. The van der Waals surface area contributed by atoms with E-state index in [1.54, 1.807) is 35.9 Å². The van der Waals surface area contributed by atoms with E-state index in [4.69, 9.17) is 19.3 Å². The van der Waals surface area contributed by atoms with E-state index >= 15 is 0 Å². The van der Waals surface area contributed by atoms with E-state index in [0.717, 1.165) is 16.7 Å². The molecule has 1 aromatic heterocycles. The fraction of sp³-hybridized carbons (Fsp3) is 0.281. The molecule has 0 bridgehead atoms. The van der Waals surface area contributed by atoms with Crippen LogP contribution in [0.1, 0.15) is 16.4 Å². The molecular formula is C32H31FN4O5S. The van der Waals surface area contributed by atoms with Crippen LogP contribution >= 0.6 is 11.8 Å². The number of anilines is 1. The van der Waals surface area contributed by atoms with Gasteiger partial charge >= 0.3 is 0 Å². The number of morpholine rings is 1. The number of amides is 2. The summed E-state index contributed by atoms with van der Waals surface area (Å²) in [5, 5.41) is 4.69. The highest BCUT2D eigenvalue weighted by atomic mass is 32.2. The molecule has 0 N–H and O–H groups in total. The summed E-state index contributed by atoms with van der Waals surface area (Å²) >= 11 is 1.46. The summed E-state index contributed by atoms with van der Waals surface area (Å²) in [6.07, 6.45) is 0. The Bertz CT molecular complexity index is 1620. The van der Waals surface area contributed by atoms with Crippen molar-refractivity contribution in [3.05, 3.63) is 89.7 Å². The highest BCUT2D eigenvalue weighted by molar-refractivity contribution is 8.00. The second kappa shape index (κ2) is 12.5. The summed E-state index contributed by atoms with van der Waals surface area (Å²) in [5.74, 6) is 0.959. The third-order valence-corrected chi connectivity index (χ3v) is 8.83. The Kier molecular flexibility index (Phi) is 8.35. The third kappa shape index (κ3) is 5.70. The van der Waals surface area contributed by atoms with Crippen molar-refractivity contribution in [2.45, 2.75) is 5.25 Å². The van der Waals surface area contributed by atoms with Gasteiger partial charge in [0.2, 0.25) is 11.8 Å². The van der Waals surface area contributed by atoms with Crippen molar-refractivity contribution in [2.75, 3.05) is 57.7 Å². The monoisotopic (exact) mass is 602 g/mol. The highest BCUT2D eigenvalue weighted by Gasteiger charge is 2.38. The van der Waals surface area contributed by atoms with E-state index < -0.39 is 0 Å². The van der Waals surface area contributed by atoms with Crippen LogP contribution < -0.4 is 14.4 Å². The van der Waals surface area contributed by atoms with Crippen molar-refractivity contribution in [3.8, 4) is 28.4 Å². The van der Waals surface area contributed by atoms with Gasteiger partial charge < -0.3 is 19.1 Å². The molecule has 1 atom stereocenters. The van der Waals surface area contributed by atoms with Crippen molar-refractivity contribution >= 4 is 29.4 Å². The van der Waals surface area contributed by atoms with Crippen LogP contribution in [0.2, 0.25) is 0 Å². The lowest BCUT2D eigenvalue weighted by molar-refractivity contribution is -0.134. The summed E-state index contributed by atoms with van der Waals surface area (Å²) in [5.41, 5.74) is 3.72. The second-order valence-corrected chi connectivity index (χ2v) is 11.2. The molecule has 4 aromatic rings. The number of carbonyl (C=O) groups excluding carboxylic acids is 2. The smallest absolute Gasteiger partial charge is 0.242 e. The Morgan fingerprint density at radius 3 is 2.42 bits per heavy atom. The first-order valence-electron chi connectivity index (χ1n) is 13.9. The summed E-state index contributed by atoms with van der Waals surface area (Å²) in [6, 6.07) is 21.4. The molecule has 0 aliphatic carbocycles. The number of ether oxygens (including phenoxy) is 3. The maximum Gasteiger partial charge on any atom is 0.242 e. The normalized spacial score (nSPS) is 16.9. The number of rotatable bonds is 7. The first-order chi connectivity index (χ1) is 21.0. The minimum absolute atomic E-state index is 0.127. The predicted octanol–water partition coefficient (Wildman–Crippen LogP) is 4.72. The van der Waals surface area contributed by atoms with Crippen molar-refractivity contribution < 1.29 is 28.2 Å². The zero-order valence-corrected chi connectivity index (χ0v) is 24.7. The van der Waals surface area contributed by atoms with Crippen LogP contribution in [0.5, 0.6) is 11.5 Å². The topological polar surface area (TPSA) is 86.1 Å². The number of nitrogens with zero attached hydrogens (tertiary/aromatic N) is 4. The molecule has 1 fully saturated rings. The minimum Gasteiger partial charge on any atom is -0.493 e.